The van der Waals surface area contributed by atoms with Crippen LogP contribution in [0, 0.1) is 0 Å². The first-order valence-electron chi connectivity index (χ1n) is 6.42. The van der Waals surface area contributed by atoms with Gasteiger partial charge in [0.25, 0.3) is 0 Å². The molecule has 0 spiro atoms. The largest absolute Gasteiger partial charge is 0.416 e. The van der Waals surface area contributed by atoms with Crippen LogP contribution in [-0.2, 0) is 6.18 Å². The highest BCUT2D eigenvalue weighted by Crippen LogP contribution is 2.36. The Morgan fingerprint density at radius 3 is 2.28 bits per heavy atom. The van der Waals surface area contributed by atoms with Gasteiger partial charge in [-0.1, -0.05) is 34.8 Å². The second-order valence-corrected chi connectivity index (χ2v) is 5.98. The number of hydrogen-bond donors (Lipinski definition) is 3. The second kappa shape index (κ2) is 7.17. The molecule has 0 unspecified atom stereocenters. The molecular weight excluding hydrogens is 406 g/mol. The van der Waals surface area contributed by atoms with Gasteiger partial charge in [0, 0.05) is 0 Å². The molecule has 0 aliphatic rings. The summed E-state index contributed by atoms with van der Waals surface area (Å²) >= 11 is 17.3. The number of carbonyl (C=O) groups excluding carboxylic acids is 1. The fourth-order valence-electron chi connectivity index (χ4n) is 1.80. The molecule has 2 rings (SSSR count). The quantitative estimate of drug-likeness (QED) is 0.336. The number of nitrogens with one attached hydrogen (secondary N) is 1. The number of nitrogens with zero attached hydrogens (tertiary/aromatic N) is 1. The number of nitrogens with two attached hydrogens (primary N) is 1. The van der Waals surface area contributed by atoms with Crippen LogP contribution in [0.25, 0.3) is 0 Å². The van der Waals surface area contributed by atoms with Crippen molar-refractivity contribution in [3.63, 3.8) is 0 Å². The van der Waals surface area contributed by atoms with E-state index in [1.807, 2.05) is 0 Å². The molecule has 0 fully saturated rings. The molecule has 0 aromatic heterocycles. The number of carbonyl (C=O) groups is 1. The molecule has 5 nitrogen and oxygen atoms in total. The molecule has 0 radical (unpaired) electrons. The Balaban J connectivity index is 2.30. The summed E-state index contributed by atoms with van der Waals surface area (Å²) in [7, 11) is 0. The minimum atomic E-state index is -4.68. The summed E-state index contributed by atoms with van der Waals surface area (Å²) in [4.78, 5) is 12.1. The molecule has 0 bridgehead atoms. The minimum absolute atomic E-state index is 0.00143. The van der Waals surface area contributed by atoms with Crippen LogP contribution in [0.15, 0.2) is 30.3 Å². The number of amides is 2. The summed E-state index contributed by atoms with van der Waals surface area (Å²) < 4.78 is 38.3. The maximum atomic E-state index is 12.8. The van der Waals surface area contributed by atoms with Crippen molar-refractivity contribution in [3.8, 4) is 0 Å². The number of rotatable bonds is 2. The van der Waals surface area contributed by atoms with E-state index in [2.05, 4.69) is 5.32 Å². The normalized spacial score (nSPS) is 11.3. The average Bonchev–Trinajstić information content (AvgIpc) is 2.51. The monoisotopic (exact) mass is 413 g/mol. The van der Waals surface area contributed by atoms with Gasteiger partial charge in [-0.25, -0.2) is 4.79 Å². The van der Waals surface area contributed by atoms with Crippen LogP contribution in [-0.4, -0.2) is 11.2 Å². The SMILES string of the molecule is Nc1cc(Cl)c(Cl)cc1NC(=O)N(O)c1cc(C(F)(F)F)ccc1Cl. The van der Waals surface area contributed by atoms with Gasteiger partial charge in [-0.05, 0) is 30.3 Å². The van der Waals surface area contributed by atoms with Crippen LogP contribution in [0.4, 0.5) is 35.0 Å². The van der Waals surface area contributed by atoms with Gasteiger partial charge in [-0.3, -0.25) is 5.21 Å². The average molecular weight is 415 g/mol. The molecule has 0 saturated carbocycles. The fourth-order valence-corrected chi connectivity index (χ4v) is 2.33. The summed E-state index contributed by atoms with van der Waals surface area (Å²) in [6.45, 7) is 0. The topological polar surface area (TPSA) is 78.6 Å². The molecular formula is C14H9Cl3F3N3O2. The summed E-state index contributed by atoms with van der Waals surface area (Å²) in [6.07, 6.45) is -4.68. The smallest absolute Gasteiger partial charge is 0.397 e. The van der Waals surface area contributed by atoms with Crippen LogP contribution in [0.3, 0.4) is 0 Å². The Hall–Kier alpha value is -1.87. The number of urea groups is 1. The van der Waals surface area contributed by atoms with Gasteiger partial charge in [0.2, 0.25) is 0 Å². The second-order valence-electron chi connectivity index (χ2n) is 4.76. The van der Waals surface area contributed by atoms with Gasteiger partial charge in [0.15, 0.2) is 0 Å². The molecule has 0 aliphatic carbocycles. The zero-order valence-electron chi connectivity index (χ0n) is 12.0. The van der Waals surface area contributed by atoms with E-state index in [0.717, 1.165) is 6.07 Å². The van der Waals surface area contributed by atoms with Gasteiger partial charge in [-0.2, -0.15) is 18.2 Å². The van der Waals surface area contributed by atoms with Gasteiger partial charge >= 0.3 is 12.2 Å². The Morgan fingerprint density at radius 1 is 1.08 bits per heavy atom. The zero-order valence-corrected chi connectivity index (χ0v) is 14.3. The van der Waals surface area contributed by atoms with E-state index in [4.69, 9.17) is 40.5 Å². The lowest BCUT2D eigenvalue weighted by Crippen LogP contribution is -2.32. The van der Waals surface area contributed by atoms with Gasteiger partial charge in [0.05, 0.1) is 37.7 Å². The van der Waals surface area contributed by atoms with Crippen molar-refractivity contribution in [1.82, 2.24) is 0 Å². The molecule has 25 heavy (non-hydrogen) atoms. The van der Waals surface area contributed by atoms with E-state index in [1.54, 1.807) is 0 Å². The van der Waals surface area contributed by atoms with E-state index in [9.17, 15) is 23.2 Å². The third kappa shape index (κ3) is 4.40. The minimum Gasteiger partial charge on any atom is -0.397 e. The van der Waals surface area contributed by atoms with Crippen molar-refractivity contribution in [3.05, 3.63) is 51.0 Å². The van der Waals surface area contributed by atoms with Crippen molar-refractivity contribution in [1.29, 1.82) is 0 Å². The van der Waals surface area contributed by atoms with E-state index in [1.165, 1.54) is 12.1 Å². The molecule has 0 saturated heterocycles. The first kappa shape index (κ1) is 19.5. The van der Waals surface area contributed by atoms with Gasteiger partial charge < -0.3 is 11.1 Å². The standard InChI is InChI=1S/C14H9Cl3F3N3O2/c15-7-2-1-6(14(18,19)20)3-12(7)23(25)13(24)22-11-5-9(17)8(16)4-10(11)21/h1-5,25H,21H2,(H,22,24). The van der Waals surface area contributed by atoms with Crippen molar-refractivity contribution in [2.24, 2.45) is 0 Å². The maximum absolute atomic E-state index is 12.8. The number of anilines is 3. The van der Waals surface area contributed by atoms with Crippen molar-refractivity contribution < 1.29 is 23.2 Å². The molecule has 2 aromatic carbocycles. The molecule has 0 aliphatic heterocycles. The van der Waals surface area contributed by atoms with Gasteiger partial charge in [-0.15, -0.1) is 0 Å². The third-order valence-corrected chi connectivity index (χ3v) is 4.07. The number of halogens is 6. The molecule has 4 N–H and O–H groups in total. The molecule has 0 heterocycles. The molecule has 0 atom stereocenters. The number of benzene rings is 2. The Kier molecular flexibility index (Phi) is 5.58. The van der Waals surface area contributed by atoms with Crippen LogP contribution in [0.5, 0.6) is 0 Å². The van der Waals surface area contributed by atoms with E-state index >= 15 is 0 Å². The lowest BCUT2D eigenvalue weighted by atomic mass is 10.2. The highest BCUT2D eigenvalue weighted by molar-refractivity contribution is 6.42. The third-order valence-electron chi connectivity index (χ3n) is 3.03. The van der Waals surface area contributed by atoms with Crippen molar-refractivity contribution >= 4 is 57.9 Å². The first-order chi connectivity index (χ1) is 11.5. The maximum Gasteiger partial charge on any atom is 0.416 e. The number of hydroxylamine groups is 1. The zero-order chi connectivity index (χ0) is 18.9. The molecule has 11 heteroatoms. The van der Waals surface area contributed by atoms with Crippen LogP contribution in [0.2, 0.25) is 15.1 Å². The summed E-state index contributed by atoms with van der Waals surface area (Å²) in [5.74, 6) is 0. The number of nitrogen functional groups attached to an aromatic ring is 1. The van der Waals surface area contributed by atoms with Gasteiger partial charge in [0.1, 0.15) is 0 Å². The van der Waals surface area contributed by atoms with E-state index < -0.39 is 23.5 Å². The molecule has 2 amide bonds. The first-order valence-corrected chi connectivity index (χ1v) is 7.55. The van der Waals surface area contributed by atoms with Crippen LogP contribution < -0.4 is 16.1 Å². The Labute approximate surface area is 154 Å². The Bertz CT molecular complexity index is 831. The molecule has 134 valence electrons. The summed E-state index contributed by atoms with van der Waals surface area (Å²) in [5, 5.41) is 12.0. The summed E-state index contributed by atoms with van der Waals surface area (Å²) in [5.41, 5.74) is 4.04. The lowest BCUT2D eigenvalue weighted by Gasteiger charge is -2.19. The predicted octanol–water partition coefficient (Wildman–Crippen LogP) is 5.68. The lowest BCUT2D eigenvalue weighted by molar-refractivity contribution is -0.137. The predicted molar refractivity (Wildman–Crippen MR) is 90.6 cm³/mol. The fraction of sp³-hybridized carbons (Fsp3) is 0.0714. The summed E-state index contributed by atoms with van der Waals surface area (Å²) in [6, 6.07) is 3.43. The van der Waals surface area contributed by atoms with Crippen molar-refractivity contribution in [2.45, 2.75) is 6.18 Å². The molecule has 2 aromatic rings. The van der Waals surface area contributed by atoms with E-state index in [0.29, 0.717) is 12.1 Å². The highest BCUT2D eigenvalue weighted by Gasteiger charge is 2.32. The highest BCUT2D eigenvalue weighted by atomic mass is 35.5. The van der Waals surface area contributed by atoms with Crippen LogP contribution >= 0.6 is 34.8 Å². The van der Waals surface area contributed by atoms with Crippen molar-refractivity contribution in [2.75, 3.05) is 16.1 Å². The van der Waals surface area contributed by atoms with Crippen LogP contribution in [0.1, 0.15) is 5.56 Å². The van der Waals surface area contributed by atoms with E-state index in [-0.39, 0.29) is 31.5 Å². The number of alkyl halides is 3. The Morgan fingerprint density at radius 2 is 1.68 bits per heavy atom. The number of hydrogen-bond acceptors (Lipinski definition) is 3.